The molecule has 0 aliphatic carbocycles. The van der Waals surface area contributed by atoms with Gasteiger partial charge in [0.2, 0.25) is 0 Å². The summed E-state index contributed by atoms with van der Waals surface area (Å²) < 4.78 is 5.61. The minimum atomic E-state index is 0.757. The average molecular weight is 274 g/mol. The predicted octanol–water partition coefficient (Wildman–Crippen LogP) is 2.63. The van der Waals surface area contributed by atoms with Crippen molar-refractivity contribution < 1.29 is 4.74 Å². The number of benzene rings is 1. The maximum absolute atomic E-state index is 5.61. The van der Waals surface area contributed by atoms with Crippen LogP contribution in [0.15, 0.2) is 30.3 Å². The van der Waals surface area contributed by atoms with Crippen LogP contribution in [0.4, 0.5) is 5.69 Å². The second kappa shape index (κ2) is 7.09. The molecular weight excluding hydrogens is 248 g/mol. The van der Waals surface area contributed by atoms with E-state index in [-0.39, 0.29) is 0 Å². The molecule has 0 N–H and O–H groups in total. The number of hydrogen-bond donors (Lipinski definition) is 0. The standard InChI is InChI=1S/C17H26N2O/c1-2-7-17(8-3-1)19-10-5-9-18(11-12-19)14-16-6-4-13-20-15-16/h1-3,7-8,16H,4-6,9-15H2. The lowest BCUT2D eigenvalue weighted by molar-refractivity contribution is 0.0395. The molecule has 0 aromatic heterocycles. The molecule has 2 saturated heterocycles. The zero-order valence-electron chi connectivity index (χ0n) is 12.3. The average Bonchev–Trinajstić information content (AvgIpc) is 2.75. The lowest BCUT2D eigenvalue weighted by Gasteiger charge is -2.29. The smallest absolute Gasteiger partial charge is 0.0506 e. The van der Waals surface area contributed by atoms with E-state index in [4.69, 9.17) is 4.74 Å². The molecule has 3 nitrogen and oxygen atoms in total. The Morgan fingerprint density at radius 3 is 2.70 bits per heavy atom. The van der Waals surface area contributed by atoms with Crippen molar-refractivity contribution in [3.63, 3.8) is 0 Å². The number of anilines is 1. The van der Waals surface area contributed by atoms with Crippen LogP contribution in [0.1, 0.15) is 19.3 Å². The first-order valence-electron chi connectivity index (χ1n) is 8.02. The second-order valence-corrected chi connectivity index (χ2v) is 6.06. The zero-order chi connectivity index (χ0) is 13.6. The van der Waals surface area contributed by atoms with Crippen LogP contribution in [0.3, 0.4) is 0 Å². The van der Waals surface area contributed by atoms with Crippen LogP contribution in [0.25, 0.3) is 0 Å². The van der Waals surface area contributed by atoms with Gasteiger partial charge in [0.15, 0.2) is 0 Å². The van der Waals surface area contributed by atoms with E-state index in [0.29, 0.717) is 0 Å². The zero-order valence-corrected chi connectivity index (χ0v) is 12.3. The summed E-state index contributed by atoms with van der Waals surface area (Å²) in [5, 5.41) is 0. The minimum Gasteiger partial charge on any atom is -0.381 e. The van der Waals surface area contributed by atoms with Gasteiger partial charge in [-0.3, -0.25) is 0 Å². The van der Waals surface area contributed by atoms with Crippen molar-refractivity contribution in [2.75, 3.05) is 50.8 Å². The Bertz CT molecular complexity index is 389. The number of ether oxygens (including phenoxy) is 1. The normalized spacial score (nSPS) is 25.4. The Balaban J connectivity index is 1.51. The minimum absolute atomic E-state index is 0.757. The van der Waals surface area contributed by atoms with Crippen molar-refractivity contribution in [2.24, 2.45) is 5.92 Å². The maximum atomic E-state index is 5.61. The van der Waals surface area contributed by atoms with E-state index in [2.05, 4.69) is 40.1 Å². The number of rotatable bonds is 3. The Labute approximate surface area is 122 Å². The van der Waals surface area contributed by atoms with Gasteiger partial charge in [-0.05, 0) is 43.9 Å². The molecule has 2 fully saturated rings. The van der Waals surface area contributed by atoms with Gasteiger partial charge in [-0.25, -0.2) is 0 Å². The van der Waals surface area contributed by atoms with Crippen molar-refractivity contribution in [2.45, 2.75) is 19.3 Å². The lowest BCUT2D eigenvalue weighted by Crippen LogP contribution is -2.36. The largest absolute Gasteiger partial charge is 0.381 e. The second-order valence-electron chi connectivity index (χ2n) is 6.06. The highest BCUT2D eigenvalue weighted by Crippen LogP contribution is 2.18. The van der Waals surface area contributed by atoms with Crippen molar-refractivity contribution in [3.05, 3.63) is 30.3 Å². The first-order chi connectivity index (χ1) is 9.92. The molecule has 2 heterocycles. The van der Waals surface area contributed by atoms with Crippen LogP contribution in [-0.4, -0.2) is 50.8 Å². The van der Waals surface area contributed by atoms with Gasteiger partial charge in [-0.1, -0.05) is 18.2 Å². The molecule has 1 unspecified atom stereocenters. The van der Waals surface area contributed by atoms with Gasteiger partial charge in [-0.15, -0.1) is 0 Å². The molecule has 0 saturated carbocycles. The molecular formula is C17H26N2O. The first-order valence-corrected chi connectivity index (χ1v) is 8.02. The summed E-state index contributed by atoms with van der Waals surface area (Å²) in [5.74, 6) is 0.757. The number of hydrogen-bond acceptors (Lipinski definition) is 3. The molecule has 1 aromatic rings. The molecule has 2 aliphatic rings. The lowest BCUT2D eigenvalue weighted by atomic mass is 10.0. The van der Waals surface area contributed by atoms with E-state index >= 15 is 0 Å². The fourth-order valence-corrected chi connectivity index (χ4v) is 3.37. The summed E-state index contributed by atoms with van der Waals surface area (Å²) in [4.78, 5) is 5.17. The van der Waals surface area contributed by atoms with Gasteiger partial charge in [0.1, 0.15) is 0 Å². The summed E-state index contributed by atoms with van der Waals surface area (Å²) in [5.41, 5.74) is 1.37. The predicted molar refractivity (Wildman–Crippen MR) is 83.3 cm³/mol. The summed E-state index contributed by atoms with van der Waals surface area (Å²) in [6.45, 7) is 7.92. The van der Waals surface area contributed by atoms with Crippen LogP contribution in [0.5, 0.6) is 0 Å². The fraction of sp³-hybridized carbons (Fsp3) is 0.647. The SMILES string of the molecule is c1ccc(N2CCCN(CC3CCCOC3)CC2)cc1. The van der Waals surface area contributed by atoms with E-state index in [0.717, 1.165) is 25.7 Å². The Hall–Kier alpha value is -1.06. The number of nitrogens with zero attached hydrogens (tertiary/aromatic N) is 2. The van der Waals surface area contributed by atoms with Crippen LogP contribution >= 0.6 is 0 Å². The van der Waals surface area contributed by atoms with E-state index < -0.39 is 0 Å². The summed E-state index contributed by atoms with van der Waals surface area (Å²) in [6.07, 6.45) is 3.86. The van der Waals surface area contributed by atoms with Gasteiger partial charge in [0.25, 0.3) is 0 Å². The van der Waals surface area contributed by atoms with Crippen molar-refractivity contribution in [1.29, 1.82) is 0 Å². The monoisotopic (exact) mass is 274 g/mol. The first kappa shape index (κ1) is 13.9. The molecule has 2 aliphatic heterocycles. The van der Waals surface area contributed by atoms with E-state index in [1.54, 1.807) is 0 Å². The topological polar surface area (TPSA) is 15.7 Å². The van der Waals surface area contributed by atoms with Crippen LogP contribution in [-0.2, 0) is 4.74 Å². The van der Waals surface area contributed by atoms with E-state index in [9.17, 15) is 0 Å². The Morgan fingerprint density at radius 2 is 1.90 bits per heavy atom. The van der Waals surface area contributed by atoms with Gasteiger partial charge < -0.3 is 14.5 Å². The highest BCUT2D eigenvalue weighted by Gasteiger charge is 2.20. The fourth-order valence-electron chi connectivity index (χ4n) is 3.37. The Morgan fingerprint density at radius 1 is 1.00 bits per heavy atom. The maximum Gasteiger partial charge on any atom is 0.0506 e. The molecule has 20 heavy (non-hydrogen) atoms. The number of para-hydroxylation sites is 1. The highest BCUT2D eigenvalue weighted by atomic mass is 16.5. The van der Waals surface area contributed by atoms with Gasteiger partial charge in [0.05, 0.1) is 6.61 Å². The summed E-state index contributed by atoms with van der Waals surface area (Å²) >= 11 is 0. The van der Waals surface area contributed by atoms with Gasteiger partial charge in [-0.2, -0.15) is 0 Å². The molecule has 3 heteroatoms. The third-order valence-electron chi connectivity index (χ3n) is 4.48. The third kappa shape index (κ3) is 3.74. The molecule has 1 aromatic carbocycles. The molecule has 1 atom stereocenters. The quantitative estimate of drug-likeness (QED) is 0.842. The van der Waals surface area contributed by atoms with Gasteiger partial charge in [0, 0.05) is 38.5 Å². The summed E-state index contributed by atoms with van der Waals surface area (Å²) in [7, 11) is 0. The van der Waals surface area contributed by atoms with Crippen LogP contribution < -0.4 is 4.90 Å². The van der Waals surface area contributed by atoms with Crippen LogP contribution in [0, 0.1) is 5.92 Å². The van der Waals surface area contributed by atoms with Crippen molar-refractivity contribution in [1.82, 2.24) is 4.90 Å². The summed E-state index contributed by atoms with van der Waals surface area (Å²) in [6, 6.07) is 10.8. The molecule has 0 amide bonds. The molecule has 110 valence electrons. The van der Waals surface area contributed by atoms with Gasteiger partial charge >= 0.3 is 0 Å². The molecule has 0 bridgehead atoms. The Kier molecular flexibility index (Phi) is 4.93. The van der Waals surface area contributed by atoms with Crippen molar-refractivity contribution in [3.8, 4) is 0 Å². The highest BCUT2D eigenvalue weighted by molar-refractivity contribution is 5.46. The third-order valence-corrected chi connectivity index (χ3v) is 4.48. The molecule has 0 spiro atoms. The molecule has 0 radical (unpaired) electrons. The van der Waals surface area contributed by atoms with Crippen LogP contribution in [0.2, 0.25) is 0 Å². The molecule has 3 rings (SSSR count). The van der Waals surface area contributed by atoms with Crippen molar-refractivity contribution >= 4 is 5.69 Å². The van der Waals surface area contributed by atoms with E-state index in [1.807, 2.05) is 0 Å². The van der Waals surface area contributed by atoms with E-state index in [1.165, 1.54) is 51.1 Å².